The molecule has 1 aliphatic rings. The lowest BCUT2D eigenvalue weighted by atomic mass is 9.92. The fraction of sp³-hybridized carbons (Fsp3) is 0.375. The molecular weight excluding hydrogens is 378 g/mol. The average Bonchev–Trinajstić information content (AvgIpc) is 2.59. The van der Waals surface area contributed by atoms with Crippen LogP contribution in [0.25, 0.3) is 0 Å². The second-order valence-electron chi connectivity index (χ2n) is 6.23. The maximum atomic E-state index is 12.0. The van der Waals surface area contributed by atoms with Crippen LogP contribution in [0.15, 0.2) is 29.4 Å². The summed E-state index contributed by atoms with van der Waals surface area (Å²) in [7, 11) is 0. The van der Waals surface area contributed by atoms with Crippen molar-refractivity contribution in [1.82, 2.24) is 10.3 Å². The molecule has 0 bridgehead atoms. The van der Waals surface area contributed by atoms with Crippen LogP contribution in [-0.4, -0.2) is 64.7 Å². The summed E-state index contributed by atoms with van der Waals surface area (Å²) in [6, 6.07) is 3.48. The van der Waals surface area contributed by atoms with E-state index in [2.05, 4.69) is 5.10 Å². The van der Waals surface area contributed by atoms with Crippen molar-refractivity contribution in [3.8, 4) is 5.75 Å². The third-order valence-electron chi connectivity index (χ3n) is 4.28. The number of hydrazone groups is 1. The molecular formula is C16H18N3O7S-. The monoisotopic (exact) mass is 396 g/mol. The topological polar surface area (TPSA) is 159 Å². The van der Waals surface area contributed by atoms with Crippen molar-refractivity contribution in [2.24, 2.45) is 5.10 Å². The molecule has 1 fully saturated rings. The number of β-lactam (4-membered cyclic amide) rings is 1. The Balaban J connectivity index is 2.27. The molecule has 0 aromatic heterocycles. The van der Waals surface area contributed by atoms with Gasteiger partial charge >= 0.3 is 5.97 Å². The molecule has 11 heteroatoms. The Hall–Kier alpha value is -2.79. The number of benzene rings is 1. The predicted molar refractivity (Wildman–Crippen MR) is 93.7 cm³/mol. The lowest BCUT2D eigenvalue weighted by Gasteiger charge is -2.48. The van der Waals surface area contributed by atoms with Crippen molar-refractivity contribution in [3.05, 3.63) is 29.8 Å². The molecule has 2 amide bonds. The van der Waals surface area contributed by atoms with Gasteiger partial charge in [-0.05, 0) is 37.1 Å². The third-order valence-corrected chi connectivity index (χ3v) is 5.33. The Labute approximate surface area is 157 Å². The summed E-state index contributed by atoms with van der Waals surface area (Å²) < 4.78 is 21.5. The van der Waals surface area contributed by atoms with Gasteiger partial charge in [-0.1, -0.05) is 12.1 Å². The Kier molecular flexibility index (Phi) is 5.96. The highest BCUT2D eigenvalue weighted by molar-refractivity contribution is 7.81. The number of hydrogen-bond donors (Lipinski definition) is 3. The molecule has 0 saturated carbocycles. The lowest BCUT2D eigenvalue weighted by molar-refractivity contribution is -0.161. The van der Waals surface area contributed by atoms with Gasteiger partial charge in [0.25, 0.3) is 5.91 Å². The van der Waals surface area contributed by atoms with Crippen LogP contribution in [0.5, 0.6) is 5.75 Å². The molecule has 0 radical (unpaired) electrons. The van der Waals surface area contributed by atoms with Gasteiger partial charge in [0.2, 0.25) is 5.91 Å². The first kappa shape index (κ1) is 20.5. The summed E-state index contributed by atoms with van der Waals surface area (Å²) in [6.45, 7) is 2.69. The second-order valence-corrected chi connectivity index (χ2v) is 7.58. The van der Waals surface area contributed by atoms with Gasteiger partial charge in [0.05, 0.1) is 10.3 Å². The minimum absolute atomic E-state index is 0.0964. The lowest BCUT2D eigenvalue weighted by Crippen LogP contribution is -2.67. The maximum absolute atomic E-state index is 12.0. The highest BCUT2D eigenvalue weighted by Gasteiger charge is 2.51. The summed E-state index contributed by atoms with van der Waals surface area (Å²) in [5.41, 5.74) is 1.95. The first-order chi connectivity index (χ1) is 12.6. The molecule has 1 aromatic rings. The van der Waals surface area contributed by atoms with E-state index in [1.165, 1.54) is 24.3 Å². The molecule has 0 aliphatic carbocycles. The van der Waals surface area contributed by atoms with E-state index < -0.39 is 45.7 Å². The molecule has 27 heavy (non-hydrogen) atoms. The summed E-state index contributed by atoms with van der Waals surface area (Å²) in [4.78, 5) is 36.4. The largest absolute Gasteiger partial charge is 0.772 e. The van der Waals surface area contributed by atoms with Crippen molar-refractivity contribution >= 4 is 35.1 Å². The summed E-state index contributed by atoms with van der Waals surface area (Å²) in [6.07, 6.45) is 0.873. The van der Waals surface area contributed by atoms with Gasteiger partial charge in [-0.25, -0.2) is 10.2 Å². The molecule has 10 nitrogen and oxygen atoms in total. The average molecular weight is 396 g/mol. The Bertz CT molecular complexity index is 828. The Morgan fingerprint density at radius 1 is 1.48 bits per heavy atom. The number of nitrogens with one attached hydrogen (secondary N) is 1. The van der Waals surface area contributed by atoms with Crippen molar-refractivity contribution < 1.29 is 33.4 Å². The second kappa shape index (κ2) is 7.84. The van der Waals surface area contributed by atoms with Crippen molar-refractivity contribution in [3.63, 3.8) is 0 Å². The zero-order valence-electron chi connectivity index (χ0n) is 14.5. The summed E-state index contributed by atoms with van der Waals surface area (Å²) in [5, 5.41) is 22.7. The van der Waals surface area contributed by atoms with Gasteiger partial charge in [-0.3, -0.25) is 13.8 Å². The van der Waals surface area contributed by atoms with Gasteiger partial charge in [0, 0.05) is 18.7 Å². The van der Waals surface area contributed by atoms with E-state index in [1.54, 1.807) is 6.92 Å². The highest BCUT2D eigenvalue weighted by Crippen LogP contribution is 2.30. The van der Waals surface area contributed by atoms with Crippen LogP contribution < -0.4 is 5.43 Å². The number of para-hydroxylation sites is 1. The summed E-state index contributed by atoms with van der Waals surface area (Å²) >= 11 is -2.98. The smallest absolute Gasteiger partial charge is 0.328 e. The normalized spacial score (nSPS) is 21.2. The molecule has 146 valence electrons. The molecule has 1 aliphatic heterocycles. The van der Waals surface area contributed by atoms with E-state index in [-0.39, 0.29) is 17.7 Å². The van der Waals surface area contributed by atoms with E-state index in [1.807, 2.05) is 5.43 Å². The zero-order chi connectivity index (χ0) is 20.4. The highest BCUT2D eigenvalue weighted by atomic mass is 32.2. The van der Waals surface area contributed by atoms with Crippen molar-refractivity contribution in [2.75, 3.05) is 0 Å². The Morgan fingerprint density at radius 2 is 2.11 bits per heavy atom. The predicted octanol–water partition coefficient (Wildman–Crippen LogP) is -0.180. The number of likely N-dealkylation sites (tertiary alicyclic amines) is 1. The van der Waals surface area contributed by atoms with Gasteiger partial charge in [0.15, 0.2) is 6.04 Å². The van der Waals surface area contributed by atoms with Crippen LogP contribution in [-0.2, 0) is 20.7 Å². The van der Waals surface area contributed by atoms with Crippen LogP contribution in [0.4, 0.5) is 0 Å². The fourth-order valence-electron chi connectivity index (χ4n) is 2.78. The minimum Gasteiger partial charge on any atom is -0.772 e. The number of carboxylic acids is 1. The van der Waals surface area contributed by atoms with Gasteiger partial charge in [-0.2, -0.15) is 5.10 Å². The zero-order valence-corrected chi connectivity index (χ0v) is 15.3. The van der Waals surface area contributed by atoms with Crippen LogP contribution in [0.1, 0.15) is 30.6 Å². The maximum Gasteiger partial charge on any atom is 0.328 e. The number of nitrogens with zero attached hydrogens (tertiary/aromatic N) is 2. The number of carbonyl (C=O) groups is 3. The third kappa shape index (κ3) is 3.98. The van der Waals surface area contributed by atoms with Crippen LogP contribution in [0.3, 0.4) is 0 Å². The fourth-order valence-corrected chi connectivity index (χ4v) is 3.31. The number of hydrogen-bond acceptors (Lipinski definition) is 7. The van der Waals surface area contributed by atoms with Crippen molar-refractivity contribution in [2.45, 2.75) is 37.1 Å². The number of carbonyl (C=O) groups excluding carboxylic acids is 2. The first-order valence-corrected chi connectivity index (χ1v) is 8.93. The van der Waals surface area contributed by atoms with Crippen LogP contribution in [0, 0.1) is 0 Å². The van der Waals surface area contributed by atoms with Gasteiger partial charge < -0.3 is 19.7 Å². The van der Waals surface area contributed by atoms with Crippen LogP contribution in [0.2, 0.25) is 0 Å². The molecule has 1 unspecified atom stereocenters. The number of amides is 2. The van der Waals surface area contributed by atoms with E-state index in [0.29, 0.717) is 0 Å². The number of carboxylic acid groups (broad SMARTS) is 1. The molecule has 2 rings (SSSR count). The van der Waals surface area contributed by atoms with E-state index >= 15 is 0 Å². The molecule has 1 saturated heterocycles. The van der Waals surface area contributed by atoms with Crippen LogP contribution >= 0.6 is 0 Å². The summed E-state index contributed by atoms with van der Waals surface area (Å²) in [5.74, 6) is -3.12. The molecule has 1 heterocycles. The standard InChI is InChI=1S/C16H19N3O7S/c1-9-7-12(21)19(9)13(15(23)24)16(2,27(25)26)8-17-18-14(22)10-5-3-4-6-11(10)20/h3-6,8-9,13,20H,7H2,1-2H3,(H,18,22)(H,23,24)(H,25,26)/p-1/b17-8+/t9-,13+,16+/m1/s1. The van der Waals surface area contributed by atoms with E-state index in [0.717, 1.165) is 18.0 Å². The molecule has 1 aromatic carbocycles. The molecule has 4 atom stereocenters. The number of aromatic hydroxyl groups is 1. The molecule has 3 N–H and O–H groups in total. The minimum atomic E-state index is -2.98. The number of phenols is 1. The number of rotatable bonds is 7. The van der Waals surface area contributed by atoms with Crippen molar-refractivity contribution in [1.29, 1.82) is 0 Å². The first-order valence-electron chi connectivity index (χ1n) is 7.85. The quantitative estimate of drug-likeness (QED) is 0.249. The molecule has 0 spiro atoms. The number of phenolic OH excluding ortho intramolecular Hbond substituents is 1. The van der Waals surface area contributed by atoms with E-state index in [9.17, 15) is 33.4 Å². The van der Waals surface area contributed by atoms with Gasteiger partial charge in [0.1, 0.15) is 5.75 Å². The van der Waals surface area contributed by atoms with Gasteiger partial charge in [-0.15, -0.1) is 0 Å². The number of aliphatic carboxylic acids is 1. The Morgan fingerprint density at radius 3 is 2.59 bits per heavy atom. The SMILES string of the molecule is C[C@@H]1CC(=O)N1[C@@H](C(=O)O)[C@](C)(/C=N/NC(=O)c1ccccc1O)S(=O)[O-]. The van der Waals surface area contributed by atoms with E-state index in [4.69, 9.17) is 0 Å².